The van der Waals surface area contributed by atoms with Crippen LogP contribution in [-0.4, -0.2) is 4.98 Å². The molecule has 0 saturated heterocycles. The zero-order chi connectivity index (χ0) is 26.9. The van der Waals surface area contributed by atoms with Crippen molar-refractivity contribution in [2.45, 2.75) is 0 Å². The van der Waals surface area contributed by atoms with Crippen molar-refractivity contribution in [2.24, 2.45) is 0 Å². The van der Waals surface area contributed by atoms with Gasteiger partial charge in [0, 0.05) is 41.9 Å². The van der Waals surface area contributed by atoms with Crippen molar-refractivity contribution >= 4 is 74.7 Å². The number of hydrogen-bond acceptors (Lipinski definition) is 2. The van der Waals surface area contributed by atoms with Gasteiger partial charge in [0.15, 0.2) is 0 Å². The molecule has 1 nitrogen and oxygen atoms in total. The Labute approximate surface area is 240 Å². The molecule has 0 aliphatic heterocycles. The van der Waals surface area contributed by atoms with Gasteiger partial charge in [0.25, 0.3) is 0 Å². The number of para-hydroxylation sites is 1. The summed E-state index contributed by atoms with van der Waals surface area (Å²) in [5.41, 5.74) is 5.68. The molecule has 2 heterocycles. The van der Waals surface area contributed by atoms with Crippen molar-refractivity contribution in [1.82, 2.24) is 4.98 Å². The summed E-state index contributed by atoms with van der Waals surface area (Å²) in [5.74, 6) is 0. The third-order valence-electron chi connectivity index (χ3n) is 8.45. The number of benzene rings is 7. The molecular weight excluding hydrogens is 515 g/mol. The lowest BCUT2D eigenvalue weighted by molar-refractivity contribution is 1.43. The van der Waals surface area contributed by atoms with Crippen LogP contribution in [0.25, 0.3) is 85.8 Å². The minimum Gasteiger partial charge on any atom is -0.247 e. The van der Waals surface area contributed by atoms with Crippen molar-refractivity contribution in [3.8, 4) is 22.4 Å². The second-order valence-corrected chi connectivity index (χ2v) is 11.8. The summed E-state index contributed by atoms with van der Waals surface area (Å²) in [5, 5.41) is 11.5. The fourth-order valence-corrected chi connectivity index (χ4v) is 7.80. The number of nitrogens with zero attached hydrogens (tertiary/aromatic N) is 1. The monoisotopic (exact) mass is 537 g/mol. The van der Waals surface area contributed by atoms with Gasteiger partial charge in [-0.05, 0) is 50.9 Å². The van der Waals surface area contributed by atoms with Gasteiger partial charge in [-0.1, -0.05) is 121 Å². The molecule has 7 aromatic carbocycles. The first kappa shape index (κ1) is 22.7. The molecular formula is C39H23NS. The Hall–Kier alpha value is -5.05. The van der Waals surface area contributed by atoms with Gasteiger partial charge >= 0.3 is 0 Å². The number of hydrogen-bond donors (Lipinski definition) is 0. The molecule has 0 saturated carbocycles. The fraction of sp³-hybridized carbons (Fsp3) is 0. The molecule has 0 aliphatic rings. The smallest absolute Gasteiger partial charge is 0.0788 e. The molecule has 0 fully saturated rings. The number of aromatic nitrogens is 1. The molecule has 0 bridgehead atoms. The average Bonchev–Trinajstić information content (AvgIpc) is 3.43. The molecule has 190 valence electrons. The van der Waals surface area contributed by atoms with E-state index in [2.05, 4.69) is 140 Å². The van der Waals surface area contributed by atoms with Crippen LogP contribution in [0.4, 0.5) is 0 Å². The van der Waals surface area contributed by atoms with E-state index in [0.717, 1.165) is 16.8 Å². The molecule has 9 aromatic rings. The third kappa shape index (κ3) is 3.38. The highest BCUT2D eigenvalue weighted by Gasteiger charge is 2.16. The maximum absolute atomic E-state index is 5.23. The van der Waals surface area contributed by atoms with E-state index in [9.17, 15) is 0 Å². The Bertz CT molecular complexity index is 2470. The van der Waals surface area contributed by atoms with Gasteiger partial charge in [-0.3, -0.25) is 0 Å². The number of thiophene rings is 1. The summed E-state index contributed by atoms with van der Waals surface area (Å²) in [4.78, 5) is 5.23. The van der Waals surface area contributed by atoms with Gasteiger partial charge in [-0.25, -0.2) is 4.98 Å². The molecule has 0 spiro atoms. The average molecular weight is 538 g/mol. The summed E-state index contributed by atoms with van der Waals surface area (Å²) in [7, 11) is 0. The first-order valence-electron chi connectivity index (χ1n) is 14.0. The molecule has 2 heteroatoms. The lowest BCUT2D eigenvalue weighted by Gasteiger charge is -2.13. The van der Waals surface area contributed by atoms with Crippen molar-refractivity contribution < 1.29 is 0 Å². The van der Waals surface area contributed by atoms with E-state index in [1.54, 1.807) is 0 Å². The summed E-state index contributed by atoms with van der Waals surface area (Å²) in [6, 6.07) is 50.6. The van der Waals surface area contributed by atoms with E-state index in [-0.39, 0.29) is 0 Å². The van der Waals surface area contributed by atoms with Crippen LogP contribution in [0.3, 0.4) is 0 Å². The van der Waals surface area contributed by atoms with Gasteiger partial charge in [0.05, 0.1) is 11.2 Å². The molecule has 0 atom stereocenters. The highest BCUT2D eigenvalue weighted by atomic mass is 32.1. The van der Waals surface area contributed by atoms with E-state index >= 15 is 0 Å². The van der Waals surface area contributed by atoms with E-state index in [1.165, 1.54) is 69.0 Å². The number of pyridine rings is 1. The molecule has 0 radical (unpaired) electrons. The van der Waals surface area contributed by atoms with Gasteiger partial charge in [-0.15, -0.1) is 11.3 Å². The van der Waals surface area contributed by atoms with Gasteiger partial charge in [0.1, 0.15) is 0 Å². The lowest BCUT2D eigenvalue weighted by Crippen LogP contribution is -1.90. The Morgan fingerprint density at radius 1 is 0.439 bits per heavy atom. The SMILES string of the molecule is c1ccc2c(c1)cc(-c1ccc(-c3nc4ccccc4c4c3ccc3c5ccccc5sc34)cc1)c1ccccc12. The highest BCUT2D eigenvalue weighted by Crippen LogP contribution is 2.43. The first-order valence-corrected chi connectivity index (χ1v) is 14.8. The zero-order valence-electron chi connectivity index (χ0n) is 22.1. The highest BCUT2D eigenvalue weighted by molar-refractivity contribution is 7.26. The van der Waals surface area contributed by atoms with Crippen LogP contribution >= 0.6 is 11.3 Å². The standard InChI is InChI=1S/C39H23NS/c1-2-10-27-26(9-1)23-34(29-12-4-3-11-28(27)29)24-17-19-25(20-18-24)38-33-22-21-31-30-13-6-8-16-36(30)41-39(31)37(33)32-14-5-7-15-35(32)40-38/h1-23H. The van der Waals surface area contributed by atoms with Gasteiger partial charge in [-0.2, -0.15) is 0 Å². The van der Waals surface area contributed by atoms with Gasteiger partial charge in [0.2, 0.25) is 0 Å². The number of rotatable bonds is 2. The van der Waals surface area contributed by atoms with Crippen LogP contribution < -0.4 is 0 Å². The second-order valence-electron chi connectivity index (χ2n) is 10.7. The predicted molar refractivity (Wildman–Crippen MR) is 178 cm³/mol. The van der Waals surface area contributed by atoms with Crippen LogP contribution in [0.2, 0.25) is 0 Å². The molecule has 9 rings (SSSR count). The first-order chi connectivity index (χ1) is 20.3. The van der Waals surface area contributed by atoms with E-state index in [4.69, 9.17) is 4.98 Å². The Balaban J connectivity index is 1.28. The largest absolute Gasteiger partial charge is 0.247 e. The summed E-state index contributed by atoms with van der Waals surface area (Å²) in [6.07, 6.45) is 0. The van der Waals surface area contributed by atoms with Crippen LogP contribution in [0, 0.1) is 0 Å². The van der Waals surface area contributed by atoms with Crippen molar-refractivity contribution in [2.75, 3.05) is 0 Å². The minimum atomic E-state index is 1.03. The molecule has 0 N–H and O–H groups in total. The van der Waals surface area contributed by atoms with Crippen molar-refractivity contribution in [1.29, 1.82) is 0 Å². The Morgan fingerprint density at radius 3 is 1.93 bits per heavy atom. The molecule has 2 aromatic heterocycles. The molecule has 0 unspecified atom stereocenters. The maximum atomic E-state index is 5.23. The zero-order valence-corrected chi connectivity index (χ0v) is 23.0. The van der Waals surface area contributed by atoms with Crippen LogP contribution in [-0.2, 0) is 0 Å². The van der Waals surface area contributed by atoms with Crippen LogP contribution in [0.1, 0.15) is 0 Å². The predicted octanol–water partition coefficient (Wildman–Crippen LogP) is 11.4. The second kappa shape index (κ2) is 8.72. The topological polar surface area (TPSA) is 12.9 Å². The summed E-state index contributed by atoms with van der Waals surface area (Å²) in [6.45, 7) is 0. The van der Waals surface area contributed by atoms with Crippen LogP contribution in [0.5, 0.6) is 0 Å². The molecule has 41 heavy (non-hydrogen) atoms. The summed E-state index contributed by atoms with van der Waals surface area (Å²) < 4.78 is 2.66. The normalized spacial score (nSPS) is 11.9. The third-order valence-corrected chi connectivity index (χ3v) is 9.65. The minimum absolute atomic E-state index is 1.03. The Kier molecular flexibility index (Phi) is 4.84. The van der Waals surface area contributed by atoms with E-state index < -0.39 is 0 Å². The van der Waals surface area contributed by atoms with E-state index in [0.29, 0.717) is 0 Å². The molecule has 0 aliphatic carbocycles. The quantitative estimate of drug-likeness (QED) is 0.200. The van der Waals surface area contributed by atoms with E-state index in [1.807, 2.05) is 11.3 Å². The van der Waals surface area contributed by atoms with Crippen LogP contribution in [0.15, 0.2) is 140 Å². The maximum Gasteiger partial charge on any atom is 0.0788 e. The summed E-state index contributed by atoms with van der Waals surface area (Å²) >= 11 is 1.88. The van der Waals surface area contributed by atoms with Gasteiger partial charge < -0.3 is 0 Å². The van der Waals surface area contributed by atoms with Crippen molar-refractivity contribution in [3.63, 3.8) is 0 Å². The molecule has 0 amide bonds. The lowest BCUT2D eigenvalue weighted by atomic mass is 9.92. The Morgan fingerprint density at radius 2 is 1.07 bits per heavy atom. The van der Waals surface area contributed by atoms with Crippen molar-refractivity contribution in [3.05, 3.63) is 140 Å². The fourth-order valence-electron chi connectivity index (χ4n) is 6.54. The number of fused-ring (bicyclic) bond motifs is 10.